The van der Waals surface area contributed by atoms with Crippen LogP contribution in [0.4, 0.5) is 16.2 Å². The van der Waals surface area contributed by atoms with Crippen LogP contribution in [0.2, 0.25) is 0 Å². The highest BCUT2D eigenvalue weighted by atomic mass is 31.1. The van der Waals surface area contributed by atoms with Crippen LogP contribution in [0, 0.1) is 0 Å². The number of nitrogens with two attached hydrogens (primary N) is 1. The van der Waals surface area contributed by atoms with Gasteiger partial charge in [-0.3, -0.25) is 14.2 Å². The van der Waals surface area contributed by atoms with Crippen molar-refractivity contribution in [1.29, 1.82) is 0 Å². The van der Waals surface area contributed by atoms with Gasteiger partial charge in [-0.2, -0.15) is 9.97 Å². The minimum atomic E-state index is -2.77. The minimum Gasteiger partial charge on any atom is -0.468 e. The fourth-order valence-electron chi connectivity index (χ4n) is 4.51. The number of halogens is 1. The summed E-state index contributed by atoms with van der Waals surface area (Å²) in [5.41, 5.74) is 4.26. The monoisotopic (exact) mass is 594 g/mol. The summed E-state index contributed by atoms with van der Waals surface area (Å²) >= 11 is 0. The topological polar surface area (TPSA) is 167 Å². The average molecular weight is 595 g/mol. The van der Waals surface area contributed by atoms with Crippen molar-refractivity contribution in [3.8, 4) is 5.75 Å². The molecule has 4 rings (SSSR count). The first-order valence-corrected chi connectivity index (χ1v) is 14.1. The molecule has 41 heavy (non-hydrogen) atoms. The first kappa shape index (κ1) is 30.5. The summed E-state index contributed by atoms with van der Waals surface area (Å²) in [7, 11) is -1.60. The minimum absolute atomic E-state index is 0.0326. The Bertz CT molecular complexity index is 1380. The van der Waals surface area contributed by atoms with Crippen LogP contribution >= 0.6 is 8.18 Å². The Balaban J connectivity index is 1.58. The maximum absolute atomic E-state index is 16.1. The Hall–Kier alpha value is -3.49. The third-order valence-corrected chi connectivity index (χ3v) is 7.94. The number of nitrogens with zero attached hydrogens (tertiary/aromatic N) is 6. The van der Waals surface area contributed by atoms with Gasteiger partial charge in [0.25, 0.3) is 0 Å². The van der Waals surface area contributed by atoms with Crippen LogP contribution in [0.5, 0.6) is 5.75 Å². The van der Waals surface area contributed by atoms with Gasteiger partial charge >= 0.3 is 14.1 Å². The van der Waals surface area contributed by atoms with Crippen LogP contribution in [0.15, 0.2) is 36.7 Å². The van der Waals surface area contributed by atoms with E-state index in [1.54, 1.807) is 30.3 Å². The molecule has 2 unspecified atom stereocenters. The van der Waals surface area contributed by atoms with Gasteiger partial charge in [0.2, 0.25) is 5.95 Å². The second-order valence-corrected chi connectivity index (χ2v) is 10.5. The molecule has 3 N–H and O–H groups in total. The number of imidazole rings is 1. The zero-order valence-electron chi connectivity index (χ0n) is 23.4. The second-order valence-electron chi connectivity index (χ2n) is 9.46. The van der Waals surface area contributed by atoms with Crippen molar-refractivity contribution in [3.63, 3.8) is 0 Å². The van der Waals surface area contributed by atoms with Crippen molar-refractivity contribution >= 4 is 37.1 Å². The molecule has 1 aromatic carbocycles. The first-order chi connectivity index (χ1) is 19.5. The number of hydroxylamine groups is 1. The Kier molecular flexibility index (Phi) is 9.34. The predicted octanol–water partition coefficient (Wildman–Crippen LogP) is 2.77. The molecule has 1 aliphatic heterocycles. The number of hydrogen-bond donors (Lipinski definition) is 2. The van der Waals surface area contributed by atoms with E-state index in [0.717, 1.165) is 4.83 Å². The lowest BCUT2D eigenvalue weighted by atomic mass is 9.98. The SMILES string of the molecule is CCN(CC)c1nc(N)nc2c1ncn2[C@@H]1O[C@H](CON(C(C)C(=O)OC)[P+](=O)Oc2ccccc2)[C@@H](O)[C@@]1(C)F. The molecule has 1 saturated heterocycles. The van der Waals surface area contributed by atoms with Gasteiger partial charge in [0, 0.05) is 17.7 Å². The number of esters is 1. The van der Waals surface area contributed by atoms with E-state index in [4.69, 9.17) is 24.6 Å². The number of ether oxygens (including phenoxy) is 2. The van der Waals surface area contributed by atoms with Crippen molar-refractivity contribution in [2.45, 2.75) is 57.8 Å². The molecule has 0 radical (unpaired) electrons. The summed E-state index contributed by atoms with van der Waals surface area (Å²) in [5, 5.41) is 10.9. The molecule has 0 aliphatic carbocycles. The van der Waals surface area contributed by atoms with E-state index in [9.17, 15) is 14.5 Å². The Morgan fingerprint density at radius 2 is 1.98 bits per heavy atom. The Morgan fingerprint density at radius 3 is 2.61 bits per heavy atom. The lowest BCUT2D eigenvalue weighted by Crippen LogP contribution is -2.42. The smallest absolute Gasteiger partial charge is 0.468 e. The number of alkyl halides is 1. The van der Waals surface area contributed by atoms with E-state index >= 15 is 4.39 Å². The number of aliphatic hydroxyl groups is 1. The highest BCUT2D eigenvalue weighted by Gasteiger charge is 2.56. The number of benzene rings is 1. The fraction of sp³-hybridized carbons (Fsp3) is 0.520. The molecule has 0 amide bonds. The molecule has 1 aliphatic rings. The van der Waals surface area contributed by atoms with Crippen LogP contribution in [0.3, 0.4) is 0 Å². The molecule has 3 aromatic rings. The normalized spacial score (nSPS) is 23.5. The molecule has 0 saturated carbocycles. The van der Waals surface area contributed by atoms with E-state index in [1.165, 1.54) is 31.9 Å². The Morgan fingerprint density at radius 1 is 1.29 bits per heavy atom. The molecule has 222 valence electrons. The molecule has 0 spiro atoms. The first-order valence-electron chi connectivity index (χ1n) is 13.0. The lowest BCUT2D eigenvalue weighted by molar-refractivity contribution is -0.179. The van der Waals surface area contributed by atoms with E-state index in [-0.39, 0.29) is 17.3 Å². The van der Waals surface area contributed by atoms with Crippen molar-refractivity contribution in [3.05, 3.63) is 36.7 Å². The third kappa shape index (κ3) is 6.09. The van der Waals surface area contributed by atoms with Gasteiger partial charge in [0.1, 0.15) is 18.8 Å². The van der Waals surface area contributed by atoms with E-state index in [1.807, 2.05) is 18.7 Å². The number of aromatic nitrogens is 4. The molecule has 16 heteroatoms. The molecule has 0 bridgehead atoms. The van der Waals surface area contributed by atoms with Crippen molar-refractivity contribution < 1.29 is 37.7 Å². The van der Waals surface area contributed by atoms with Gasteiger partial charge in [0.15, 0.2) is 40.7 Å². The van der Waals surface area contributed by atoms with Crippen LogP contribution in [-0.2, 0) is 23.7 Å². The third-order valence-electron chi connectivity index (χ3n) is 6.79. The summed E-state index contributed by atoms with van der Waals surface area (Å²) in [6.45, 7) is 7.26. The number of carbonyl (C=O) groups excluding carboxylic acids is 1. The maximum Gasteiger partial charge on any atom is 0.693 e. The van der Waals surface area contributed by atoms with Gasteiger partial charge in [-0.05, 0) is 39.8 Å². The van der Waals surface area contributed by atoms with E-state index in [0.29, 0.717) is 24.4 Å². The molecule has 1 fully saturated rings. The summed E-state index contributed by atoms with van der Waals surface area (Å²) in [5.74, 6) is -0.0258. The van der Waals surface area contributed by atoms with E-state index in [2.05, 4.69) is 15.0 Å². The van der Waals surface area contributed by atoms with Gasteiger partial charge in [0.05, 0.1) is 18.3 Å². The summed E-state index contributed by atoms with van der Waals surface area (Å²) in [6.07, 6.45) is -2.97. The standard InChI is InChI=1S/C25H34FN7O7P/c1-6-31(7-2)20-18-21(30-24(27)29-20)32(14-28-18)23-25(4,26)19(34)17(39-23)13-38-33(15(3)22(35)37-5)41(36)40-16-11-9-8-10-12-16/h8-12,14-15,17,19,23,34H,6-7,13H2,1-5H3,(H2,27,29,30)/q+1/t15?,17-,19-,23-,25-/m1/s1. The van der Waals surface area contributed by atoms with Crippen molar-refractivity contribution in [1.82, 2.24) is 24.4 Å². The molecule has 2 aromatic heterocycles. The number of para-hydroxylation sites is 1. The van der Waals surface area contributed by atoms with Gasteiger partial charge < -0.3 is 25.2 Å². The summed E-state index contributed by atoms with van der Waals surface area (Å²) in [4.78, 5) is 33.6. The van der Waals surface area contributed by atoms with Crippen LogP contribution in [0.25, 0.3) is 11.2 Å². The number of nitrogen functional groups attached to an aromatic ring is 1. The van der Waals surface area contributed by atoms with Gasteiger partial charge in [-0.15, -0.1) is 0 Å². The van der Waals surface area contributed by atoms with Gasteiger partial charge in [-0.1, -0.05) is 18.2 Å². The zero-order valence-corrected chi connectivity index (χ0v) is 24.3. The van der Waals surface area contributed by atoms with Crippen LogP contribution < -0.4 is 15.2 Å². The molecule has 3 heterocycles. The number of methoxy groups -OCH3 is 1. The molecular formula is C25H34FN7O7P+. The molecule has 6 atom stereocenters. The quantitative estimate of drug-likeness (QED) is 0.179. The maximum atomic E-state index is 16.1. The molecular weight excluding hydrogens is 560 g/mol. The van der Waals surface area contributed by atoms with Crippen LogP contribution in [0.1, 0.15) is 33.9 Å². The number of rotatable bonds is 12. The number of fused-ring (bicyclic) bond motifs is 1. The highest BCUT2D eigenvalue weighted by molar-refractivity contribution is 7.36. The largest absolute Gasteiger partial charge is 0.693 e. The molecule has 14 nitrogen and oxygen atoms in total. The second kappa shape index (κ2) is 12.6. The van der Waals surface area contributed by atoms with Crippen molar-refractivity contribution in [2.75, 3.05) is 37.4 Å². The van der Waals surface area contributed by atoms with E-state index < -0.39 is 50.9 Å². The predicted molar refractivity (Wildman–Crippen MR) is 147 cm³/mol. The van der Waals surface area contributed by atoms with Gasteiger partial charge in [-0.25, -0.2) is 13.9 Å². The number of aliphatic hydroxyl groups excluding tert-OH is 1. The number of anilines is 2. The highest BCUT2D eigenvalue weighted by Crippen LogP contribution is 2.43. The zero-order chi connectivity index (χ0) is 29.9. The van der Waals surface area contributed by atoms with Crippen LogP contribution in [-0.4, -0.2) is 86.2 Å². The fourth-order valence-corrected chi connectivity index (χ4v) is 5.43. The summed E-state index contributed by atoms with van der Waals surface area (Å²) in [6, 6.07) is 7.10. The average Bonchev–Trinajstić information content (AvgIpc) is 3.46. The Labute approximate surface area is 237 Å². The van der Waals surface area contributed by atoms with Crippen molar-refractivity contribution in [2.24, 2.45) is 0 Å². The summed E-state index contributed by atoms with van der Waals surface area (Å²) < 4.78 is 46.6. The number of hydrogen-bond acceptors (Lipinski definition) is 12. The lowest BCUT2D eigenvalue weighted by Gasteiger charge is -2.25. The number of carbonyl (C=O) groups is 1.